The van der Waals surface area contributed by atoms with Crippen LogP contribution in [0.1, 0.15) is 36.5 Å². The number of aryl methyl sites for hydroxylation is 1. The van der Waals surface area contributed by atoms with Crippen LogP contribution in [0.25, 0.3) is 0 Å². The summed E-state index contributed by atoms with van der Waals surface area (Å²) in [4.78, 5) is 17.2. The van der Waals surface area contributed by atoms with Crippen molar-refractivity contribution in [2.45, 2.75) is 33.6 Å². The predicted octanol–water partition coefficient (Wildman–Crippen LogP) is 5.02. The van der Waals surface area contributed by atoms with Gasteiger partial charge >= 0.3 is 0 Å². The first-order valence-corrected chi connectivity index (χ1v) is 10.5. The second-order valence-corrected chi connectivity index (χ2v) is 8.09. The highest BCUT2D eigenvalue weighted by atomic mass is 35.5. The zero-order chi connectivity index (χ0) is 21.7. The molecule has 0 atom stereocenters. The molecule has 0 saturated carbocycles. The van der Waals surface area contributed by atoms with Crippen molar-refractivity contribution < 1.29 is 4.79 Å². The van der Waals surface area contributed by atoms with E-state index in [4.69, 9.17) is 0 Å². The quantitative estimate of drug-likeness (QED) is 0.526. The molecule has 2 aromatic rings. The van der Waals surface area contributed by atoms with Gasteiger partial charge in [-0.2, -0.15) is 5.26 Å². The SMILES string of the molecule is Cc1cccc(N2CCN(/C=C(/C#N)C(=O)Nc3ccccc3C(C)C)CC2)c1C.Cl. The fourth-order valence-corrected chi connectivity index (χ4v) is 3.79. The van der Waals surface area contributed by atoms with Gasteiger partial charge < -0.3 is 15.1 Å². The Kier molecular flexibility index (Phi) is 8.53. The number of carbonyl (C=O) groups excluding carboxylic acids is 1. The Bertz CT molecular complexity index is 985. The average Bonchev–Trinajstić information content (AvgIpc) is 2.74. The van der Waals surface area contributed by atoms with Crippen molar-refractivity contribution in [1.29, 1.82) is 5.26 Å². The molecule has 0 spiro atoms. The summed E-state index contributed by atoms with van der Waals surface area (Å²) in [5, 5.41) is 12.5. The molecule has 1 aliphatic heterocycles. The van der Waals surface area contributed by atoms with Crippen molar-refractivity contribution in [2.75, 3.05) is 36.4 Å². The predicted molar refractivity (Wildman–Crippen MR) is 130 cm³/mol. The van der Waals surface area contributed by atoms with Gasteiger partial charge in [0.1, 0.15) is 11.6 Å². The molecule has 1 saturated heterocycles. The molecular weight excluding hydrogens is 408 g/mol. The lowest BCUT2D eigenvalue weighted by atomic mass is 10.0. The van der Waals surface area contributed by atoms with E-state index in [9.17, 15) is 10.1 Å². The van der Waals surface area contributed by atoms with E-state index in [0.717, 1.165) is 37.4 Å². The number of piperazine rings is 1. The summed E-state index contributed by atoms with van der Waals surface area (Å²) in [5.41, 5.74) is 5.82. The van der Waals surface area contributed by atoms with E-state index in [0.29, 0.717) is 0 Å². The number of nitrogens with zero attached hydrogens (tertiary/aromatic N) is 3. The minimum absolute atomic E-state index is 0. The molecule has 1 fully saturated rings. The Morgan fingerprint density at radius 1 is 1.06 bits per heavy atom. The van der Waals surface area contributed by atoms with Crippen molar-refractivity contribution in [3.63, 3.8) is 0 Å². The summed E-state index contributed by atoms with van der Waals surface area (Å²) in [6, 6.07) is 16.2. The molecule has 1 aliphatic rings. The lowest BCUT2D eigenvalue weighted by Gasteiger charge is -2.36. The molecule has 0 aliphatic carbocycles. The van der Waals surface area contributed by atoms with Gasteiger partial charge in [-0.25, -0.2) is 0 Å². The molecule has 6 heteroatoms. The normalized spacial score (nSPS) is 14.1. The summed E-state index contributed by atoms with van der Waals surface area (Å²) in [6.45, 7) is 11.7. The highest BCUT2D eigenvalue weighted by molar-refractivity contribution is 6.06. The Morgan fingerprint density at radius 3 is 2.39 bits per heavy atom. The lowest BCUT2D eigenvalue weighted by molar-refractivity contribution is -0.112. The fourth-order valence-electron chi connectivity index (χ4n) is 3.79. The van der Waals surface area contributed by atoms with Crippen LogP contribution in [0.4, 0.5) is 11.4 Å². The number of anilines is 2. The third-order valence-corrected chi connectivity index (χ3v) is 5.74. The van der Waals surface area contributed by atoms with E-state index in [-0.39, 0.29) is 29.8 Å². The monoisotopic (exact) mass is 438 g/mol. The number of rotatable bonds is 5. The minimum atomic E-state index is -0.359. The van der Waals surface area contributed by atoms with Gasteiger partial charge in [0.15, 0.2) is 0 Å². The van der Waals surface area contributed by atoms with Crippen LogP contribution in [0.3, 0.4) is 0 Å². The molecule has 0 radical (unpaired) electrons. The Hall–Kier alpha value is -2.97. The molecule has 31 heavy (non-hydrogen) atoms. The van der Waals surface area contributed by atoms with Gasteiger partial charge in [0.25, 0.3) is 5.91 Å². The Morgan fingerprint density at radius 2 is 1.74 bits per heavy atom. The molecule has 1 N–H and O–H groups in total. The van der Waals surface area contributed by atoms with Crippen LogP contribution in [0.5, 0.6) is 0 Å². The third kappa shape index (κ3) is 5.80. The number of halogens is 1. The van der Waals surface area contributed by atoms with Crippen molar-refractivity contribution >= 4 is 29.7 Å². The molecule has 0 unspecified atom stereocenters. The van der Waals surface area contributed by atoms with Gasteiger partial charge in [-0.05, 0) is 48.6 Å². The smallest absolute Gasteiger partial charge is 0.267 e. The number of nitrogens with one attached hydrogen (secondary N) is 1. The van der Waals surface area contributed by atoms with Gasteiger partial charge in [-0.3, -0.25) is 4.79 Å². The number of para-hydroxylation sites is 1. The highest BCUT2D eigenvalue weighted by Gasteiger charge is 2.19. The van der Waals surface area contributed by atoms with E-state index in [1.807, 2.05) is 24.3 Å². The standard InChI is InChI=1S/C25H30N4O.ClH/c1-18(2)22-9-5-6-10-23(22)27-25(30)21(16-26)17-28-12-14-29(15-13-28)24-11-7-8-19(3)20(24)4;/h5-11,17-18H,12-15H2,1-4H3,(H,27,30);1H/b21-17-;. The van der Waals surface area contributed by atoms with Gasteiger partial charge in [-0.15, -0.1) is 12.4 Å². The van der Waals surface area contributed by atoms with Crippen molar-refractivity contribution in [3.05, 3.63) is 70.9 Å². The maximum Gasteiger partial charge on any atom is 0.267 e. The molecule has 164 valence electrons. The first kappa shape index (κ1) is 24.3. The molecule has 1 amide bonds. The number of hydrogen-bond acceptors (Lipinski definition) is 4. The van der Waals surface area contributed by atoms with Gasteiger partial charge in [-0.1, -0.05) is 44.2 Å². The second-order valence-electron chi connectivity index (χ2n) is 8.09. The molecule has 5 nitrogen and oxygen atoms in total. The fraction of sp³-hybridized carbons (Fsp3) is 0.360. The van der Waals surface area contributed by atoms with Gasteiger partial charge in [0.2, 0.25) is 0 Å². The molecule has 1 heterocycles. The third-order valence-electron chi connectivity index (χ3n) is 5.74. The minimum Gasteiger partial charge on any atom is -0.373 e. The average molecular weight is 439 g/mol. The molecule has 0 bridgehead atoms. The van der Waals surface area contributed by atoms with Crippen molar-refractivity contribution in [2.24, 2.45) is 0 Å². The van der Waals surface area contributed by atoms with Crippen LogP contribution in [-0.4, -0.2) is 37.0 Å². The van der Waals surface area contributed by atoms with Crippen molar-refractivity contribution in [1.82, 2.24) is 4.90 Å². The highest BCUT2D eigenvalue weighted by Crippen LogP contribution is 2.25. The topological polar surface area (TPSA) is 59.4 Å². The molecular formula is C25H31ClN4O. The maximum atomic E-state index is 12.7. The molecule has 2 aromatic carbocycles. The lowest BCUT2D eigenvalue weighted by Crippen LogP contribution is -2.44. The van der Waals surface area contributed by atoms with Crippen LogP contribution >= 0.6 is 12.4 Å². The van der Waals surface area contributed by atoms with E-state index in [2.05, 4.69) is 67.1 Å². The van der Waals surface area contributed by atoms with Crippen LogP contribution in [0, 0.1) is 25.2 Å². The molecule has 3 rings (SSSR count). The van der Waals surface area contributed by atoms with Crippen LogP contribution in [-0.2, 0) is 4.79 Å². The second kappa shape index (κ2) is 10.9. The summed E-state index contributed by atoms with van der Waals surface area (Å²) < 4.78 is 0. The van der Waals surface area contributed by atoms with Crippen LogP contribution in [0.15, 0.2) is 54.2 Å². The van der Waals surface area contributed by atoms with E-state index < -0.39 is 0 Å². The van der Waals surface area contributed by atoms with Crippen molar-refractivity contribution in [3.8, 4) is 6.07 Å². The summed E-state index contributed by atoms with van der Waals surface area (Å²) in [7, 11) is 0. The van der Waals surface area contributed by atoms with E-state index in [1.54, 1.807) is 6.20 Å². The summed E-state index contributed by atoms with van der Waals surface area (Å²) in [5.74, 6) is -0.0725. The summed E-state index contributed by atoms with van der Waals surface area (Å²) >= 11 is 0. The number of amides is 1. The number of nitriles is 1. The first-order chi connectivity index (χ1) is 14.4. The Balaban J connectivity index is 0.00000341. The van der Waals surface area contributed by atoms with Gasteiger partial charge in [0, 0.05) is 43.8 Å². The van der Waals surface area contributed by atoms with Crippen LogP contribution < -0.4 is 10.2 Å². The zero-order valence-electron chi connectivity index (χ0n) is 18.7. The zero-order valence-corrected chi connectivity index (χ0v) is 19.5. The van der Waals surface area contributed by atoms with Gasteiger partial charge in [0.05, 0.1) is 0 Å². The van der Waals surface area contributed by atoms with E-state index in [1.165, 1.54) is 16.8 Å². The molecule has 0 aromatic heterocycles. The summed E-state index contributed by atoms with van der Waals surface area (Å²) in [6.07, 6.45) is 1.70. The first-order valence-electron chi connectivity index (χ1n) is 10.5. The number of carbonyl (C=O) groups is 1. The number of hydrogen-bond donors (Lipinski definition) is 1. The van der Waals surface area contributed by atoms with E-state index >= 15 is 0 Å². The largest absolute Gasteiger partial charge is 0.373 e. The number of benzene rings is 2. The maximum absolute atomic E-state index is 12.7. The van der Waals surface area contributed by atoms with Crippen LogP contribution in [0.2, 0.25) is 0 Å². The Labute approximate surface area is 191 Å².